The van der Waals surface area contributed by atoms with Crippen LogP contribution in [-0.2, 0) is 4.79 Å². The van der Waals surface area contributed by atoms with Gasteiger partial charge < -0.3 is 10.4 Å². The Balaban J connectivity index is 2.41. The monoisotopic (exact) mass is 241 g/mol. The van der Waals surface area contributed by atoms with E-state index in [1.807, 2.05) is 13.8 Å². The van der Waals surface area contributed by atoms with E-state index in [0.29, 0.717) is 12.5 Å². The quantitative estimate of drug-likeness (QED) is 0.777. The lowest BCUT2D eigenvalue weighted by atomic mass is 9.79. The van der Waals surface area contributed by atoms with Gasteiger partial charge in [-0.05, 0) is 31.6 Å². The molecule has 17 heavy (non-hydrogen) atoms. The van der Waals surface area contributed by atoms with Gasteiger partial charge in [0.2, 0.25) is 5.91 Å². The minimum Gasteiger partial charge on any atom is -0.388 e. The molecule has 1 saturated carbocycles. The Morgan fingerprint density at radius 2 is 2.12 bits per heavy atom. The standard InChI is InChI=1S/C14H27NO2/c1-4-12(5-2)13(16)15-10-14(17)8-6-7-11(3)9-14/h11-12,17H,4-10H2,1-3H3,(H,15,16). The van der Waals surface area contributed by atoms with Crippen molar-refractivity contribution in [3.8, 4) is 0 Å². The summed E-state index contributed by atoms with van der Waals surface area (Å²) in [7, 11) is 0. The number of nitrogens with one attached hydrogen (secondary N) is 1. The summed E-state index contributed by atoms with van der Waals surface area (Å²) in [5, 5.41) is 13.3. The molecular weight excluding hydrogens is 214 g/mol. The summed E-state index contributed by atoms with van der Waals surface area (Å²) in [6.45, 7) is 6.66. The Bertz CT molecular complexity index is 251. The molecule has 0 spiro atoms. The number of hydrogen-bond acceptors (Lipinski definition) is 2. The maximum Gasteiger partial charge on any atom is 0.223 e. The molecule has 0 saturated heterocycles. The molecule has 2 atom stereocenters. The maximum absolute atomic E-state index is 11.8. The van der Waals surface area contributed by atoms with Gasteiger partial charge in [0.15, 0.2) is 0 Å². The largest absolute Gasteiger partial charge is 0.388 e. The van der Waals surface area contributed by atoms with Crippen LogP contribution in [0.3, 0.4) is 0 Å². The normalized spacial score (nSPS) is 29.4. The molecule has 1 rings (SSSR count). The van der Waals surface area contributed by atoms with Gasteiger partial charge in [-0.1, -0.05) is 33.6 Å². The van der Waals surface area contributed by atoms with Crippen LogP contribution in [0.15, 0.2) is 0 Å². The third-order valence-corrected chi connectivity index (χ3v) is 4.02. The van der Waals surface area contributed by atoms with Gasteiger partial charge >= 0.3 is 0 Å². The highest BCUT2D eigenvalue weighted by Gasteiger charge is 2.33. The molecule has 1 fully saturated rings. The van der Waals surface area contributed by atoms with E-state index >= 15 is 0 Å². The van der Waals surface area contributed by atoms with E-state index in [2.05, 4.69) is 12.2 Å². The van der Waals surface area contributed by atoms with Crippen LogP contribution in [-0.4, -0.2) is 23.2 Å². The zero-order chi connectivity index (χ0) is 12.9. The third kappa shape index (κ3) is 4.30. The molecule has 3 heteroatoms. The molecule has 0 heterocycles. The summed E-state index contributed by atoms with van der Waals surface area (Å²) >= 11 is 0. The number of rotatable bonds is 5. The number of hydrogen-bond donors (Lipinski definition) is 2. The van der Waals surface area contributed by atoms with E-state index in [1.54, 1.807) is 0 Å². The van der Waals surface area contributed by atoms with Crippen molar-refractivity contribution in [1.29, 1.82) is 0 Å². The first kappa shape index (κ1) is 14.5. The third-order valence-electron chi connectivity index (χ3n) is 4.02. The van der Waals surface area contributed by atoms with Crippen LogP contribution in [0.25, 0.3) is 0 Å². The fourth-order valence-electron chi connectivity index (χ4n) is 2.85. The molecule has 0 aliphatic heterocycles. The fourth-order valence-corrected chi connectivity index (χ4v) is 2.85. The van der Waals surface area contributed by atoms with Gasteiger partial charge in [-0.3, -0.25) is 4.79 Å². The minimum atomic E-state index is -0.667. The van der Waals surface area contributed by atoms with Gasteiger partial charge in [-0.2, -0.15) is 0 Å². The number of carbonyl (C=O) groups is 1. The Morgan fingerprint density at radius 1 is 1.47 bits per heavy atom. The molecule has 3 nitrogen and oxygen atoms in total. The highest BCUT2D eigenvalue weighted by Crippen LogP contribution is 2.31. The summed E-state index contributed by atoms with van der Waals surface area (Å²) in [5.74, 6) is 0.764. The van der Waals surface area contributed by atoms with Crippen LogP contribution < -0.4 is 5.32 Å². The summed E-state index contributed by atoms with van der Waals surface area (Å²) in [4.78, 5) is 11.8. The first-order valence-corrected chi connectivity index (χ1v) is 7.01. The Labute approximate surface area is 105 Å². The number of aliphatic hydroxyl groups is 1. The summed E-state index contributed by atoms with van der Waals surface area (Å²) in [6, 6.07) is 0. The molecule has 0 aromatic heterocycles. The molecule has 2 unspecified atom stereocenters. The molecule has 0 aromatic rings. The highest BCUT2D eigenvalue weighted by atomic mass is 16.3. The van der Waals surface area contributed by atoms with Crippen LogP contribution in [0.1, 0.15) is 59.3 Å². The van der Waals surface area contributed by atoms with E-state index in [-0.39, 0.29) is 11.8 Å². The summed E-state index contributed by atoms with van der Waals surface area (Å²) < 4.78 is 0. The van der Waals surface area contributed by atoms with Crippen molar-refractivity contribution < 1.29 is 9.90 Å². The molecule has 2 N–H and O–H groups in total. The molecule has 1 amide bonds. The van der Waals surface area contributed by atoms with Gasteiger partial charge in [0.05, 0.1) is 5.60 Å². The van der Waals surface area contributed by atoms with Crippen molar-refractivity contribution in [2.24, 2.45) is 11.8 Å². The second-order valence-electron chi connectivity index (χ2n) is 5.66. The predicted octanol–water partition coefficient (Wildman–Crippen LogP) is 2.48. The number of amides is 1. The fraction of sp³-hybridized carbons (Fsp3) is 0.929. The zero-order valence-corrected chi connectivity index (χ0v) is 11.5. The second-order valence-corrected chi connectivity index (χ2v) is 5.66. The summed E-state index contributed by atoms with van der Waals surface area (Å²) in [6.07, 6.45) is 5.65. The lowest BCUT2D eigenvalue weighted by Gasteiger charge is -2.35. The average Bonchev–Trinajstić information content (AvgIpc) is 2.28. The second kappa shape index (κ2) is 6.39. The molecule has 1 aliphatic rings. The molecule has 0 bridgehead atoms. The van der Waals surface area contributed by atoms with Crippen molar-refractivity contribution >= 4 is 5.91 Å². The van der Waals surface area contributed by atoms with Gasteiger partial charge in [-0.15, -0.1) is 0 Å². The van der Waals surface area contributed by atoms with Crippen LogP contribution in [0.5, 0.6) is 0 Å². The number of carbonyl (C=O) groups excluding carboxylic acids is 1. The zero-order valence-electron chi connectivity index (χ0n) is 11.5. The van der Waals surface area contributed by atoms with Gasteiger partial charge in [0.1, 0.15) is 0 Å². The minimum absolute atomic E-state index is 0.0969. The van der Waals surface area contributed by atoms with Crippen LogP contribution in [0, 0.1) is 11.8 Å². The average molecular weight is 241 g/mol. The van der Waals surface area contributed by atoms with E-state index in [1.165, 1.54) is 6.42 Å². The van der Waals surface area contributed by atoms with Crippen molar-refractivity contribution in [3.63, 3.8) is 0 Å². The predicted molar refractivity (Wildman–Crippen MR) is 69.7 cm³/mol. The van der Waals surface area contributed by atoms with Crippen LogP contribution in [0.4, 0.5) is 0 Å². The Kier molecular flexibility index (Phi) is 5.44. The first-order valence-electron chi connectivity index (χ1n) is 7.01. The van der Waals surface area contributed by atoms with Gasteiger partial charge in [0, 0.05) is 12.5 Å². The van der Waals surface area contributed by atoms with Crippen LogP contribution in [0.2, 0.25) is 0 Å². The van der Waals surface area contributed by atoms with E-state index in [9.17, 15) is 9.90 Å². The van der Waals surface area contributed by atoms with Crippen molar-refractivity contribution in [2.45, 2.75) is 64.9 Å². The molecular formula is C14H27NO2. The molecule has 0 aromatic carbocycles. The van der Waals surface area contributed by atoms with E-state index in [0.717, 1.165) is 32.1 Å². The first-order chi connectivity index (χ1) is 8.00. The lowest BCUT2D eigenvalue weighted by molar-refractivity contribution is -0.127. The maximum atomic E-state index is 11.8. The molecule has 0 radical (unpaired) electrons. The summed E-state index contributed by atoms with van der Waals surface area (Å²) in [5.41, 5.74) is -0.667. The Hall–Kier alpha value is -0.570. The molecule has 1 aliphatic carbocycles. The molecule has 100 valence electrons. The van der Waals surface area contributed by atoms with Crippen molar-refractivity contribution in [2.75, 3.05) is 6.54 Å². The Morgan fingerprint density at radius 3 is 2.65 bits per heavy atom. The van der Waals surface area contributed by atoms with Gasteiger partial charge in [0.25, 0.3) is 0 Å². The van der Waals surface area contributed by atoms with Crippen molar-refractivity contribution in [3.05, 3.63) is 0 Å². The smallest absolute Gasteiger partial charge is 0.223 e. The topological polar surface area (TPSA) is 49.3 Å². The van der Waals surface area contributed by atoms with Gasteiger partial charge in [-0.25, -0.2) is 0 Å². The van der Waals surface area contributed by atoms with E-state index in [4.69, 9.17) is 0 Å². The SMILES string of the molecule is CCC(CC)C(=O)NCC1(O)CCCC(C)C1. The van der Waals surface area contributed by atoms with E-state index < -0.39 is 5.60 Å². The highest BCUT2D eigenvalue weighted by molar-refractivity contribution is 5.78. The lowest BCUT2D eigenvalue weighted by Crippen LogP contribution is -2.47. The van der Waals surface area contributed by atoms with Crippen LogP contribution >= 0.6 is 0 Å². The van der Waals surface area contributed by atoms with Crippen molar-refractivity contribution in [1.82, 2.24) is 5.32 Å².